The van der Waals surface area contributed by atoms with Crippen LogP contribution in [0.2, 0.25) is 0 Å². The Kier molecular flexibility index (Phi) is 4.79. The standard InChI is InChI=1S/C17H23N3O3/c1-13(21)19-8-10-20(11-9-19)17(22)12-23-16-6-7-18-15-5-3-2-4-14(15)16/h6-7H,2-5,8-12H2,1H3. The monoisotopic (exact) mass is 317 g/mol. The number of piperazine rings is 1. The molecule has 3 rings (SSSR count). The van der Waals surface area contributed by atoms with Crippen LogP contribution in [-0.2, 0) is 22.4 Å². The minimum Gasteiger partial charge on any atom is -0.483 e. The fraction of sp³-hybridized carbons (Fsp3) is 0.588. The first kappa shape index (κ1) is 15.8. The van der Waals surface area contributed by atoms with Crippen LogP contribution in [0.3, 0.4) is 0 Å². The lowest BCUT2D eigenvalue weighted by atomic mass is 9.95. The van der Waals surface area contributed by atoms with Gasteiger partial charge < -0.3 is 14.5 Å². The highest BCUT2D eigenvalue weighted by Crippen LogP contribution is 2.27. The summed E-state index contributed by atoms with van der Waals surface area (Å²) in [5.41, 5.74) is 2.27. The molecule has 1 aromatic rings. The summed E-state index contributed by atoms with van der Waals surface area (Å²) in [6.45, 7) is 3.98. The summed E-state index contributed by atoms with van der Waals surface area (Å²) in [7, 11) is 0. The summed E-state index contributed by atoms with van der Waals surface area (Å²) in [5.74, 6) is 0.844. The Balaban J connectivity index is 1.55. The largest absolute Gasteiger partial charge is 0.483 e. The fourth-order valence-electron chi connectivity index (χ4n) is 3.23. The molecule has 2 amide bonds. The molecule has 1 aliphatic carbocycles. The minimum absolute atomic E-state index is 0.0189. The lowest BCUT2D eigenvalue weighted by Gasteiger charge is -2.34. The molecular formula is C17H23N3O3. The second-order valence-electron chi connectivity index (χ2n) is 6.12. The number of hydrogen-bond acceptors (Lipinski definition) is 4. The van der Waals surface area contributed by atoms with E-state index in [0.29, 0.717) is 26.2 Å². The molecule has 1 aliphatic heterocycles. The first-order valence-corrected chi connectivity index (χ1v) is 8.28. The number of fused-ring (bicyclic) bond motifs is 1. The van der Waals surface area contributed by atoms with E-state index in [2.05, 4.69) is 4.98 Å². The molecule has 6 nitrogen and oxygen atoms in total. The quantitative estimate of drug-likeness (QED) is 0.835. The van der Waals surface area contributed by atoms with Gasteiger partial charge in [0.15, 0.2) is 6.61 Å². The third-order valence-corrected chi connectivity index (χ3v) is 4.62. The zero-order chi connectivity index (χ0) is 16.2. The van der Waals surface area contributed by atoms with Crippen molar-refractivity contribution in [3.05, 3.63) is 23.5 Å². The molecule has 1 aromatic heterocycles. The van der Waals surface area contributed by atoms with Crippen molar-refractivity contribution in [2.24, 2.45) is 0 Å². The average molecular weight is 317 g/mol. The Bertz CT molecular complexity index is 595. The van der Waals surface area contributed by atoms with Crippen molar-refractivity contribution < 1.29 is 14.3 Å². The fourth-order valence-corrected chi connectivity index (χ4v) is 3.23. The van der Waals surface area contributed by atoms with Crippen LogP contribution >= 0.6 is 0 Å². The van der Waals surface area contributed by atoms with Gasteiger partial charge in [-0.1, -0.05) is 0 Å². The number of aryl methyl sites for hydroxylation is 1. The van der Waals surface area contributed by atoms with Gasteiger partial charge in [-0.3, -0.25) is 14.6 Å². The molecule has 1 fully saturated rings. The molecule has 1 saturated heterocycles. The molecular weight excluding hydrogens is 294 g/mol. The molecule has 0 radical (unpaired) electrons. The van der Waals surface area contributed by atoms with Gasteiger partial charge in [0, 0.05) is 50.6 Å². The molecule has 2 aliphatic rings. The third-order valence-electron chi connectivity index (χ3n) is 4.62. The minimum atomic E-state index is -0.0189. The van der Waals surface area contributed by atoms with Gasteiger partial charge in [-0.2, -0.15) is 0 Å². The number of pyridine rings is 1. The van der Waals surface area contributed by atoms with E-state index in [1.54, 1.807) is 22.9 Å². The van der Waals surface area contributed by atoms with Gasteiger partial charge in [0.25, 0.3) is 5.91 Å². The van der Waals surface area contributed by atoms with Crippen molar-refractivity contribution in [3.63, 3.8) is 0 Å². The van der Waals surface area contributed by atoms with Crippen LogP contribution in [0, 0.1) is 0 Å². The summed E-state index contributed by atoms with van der Waals surface area (Å²) in [6.07, 6.45) is 6.05. The summed E-state index contributed by atoms with van der Waals surface area (Å²) in [4.78, 5) is 31.6. The maximum atomic E-state index is 12.3. The molecule has 0 unspecified atom stereocenters. The van der Waals surface area contributed by atoms with Crippen LogP contribution in [0.1, 0.15) is 31.0 Å². The van der Waals surface area contributed by atoms with E-state index >= 15 is 0 Å². The van der Waals surface area contributed by atoms with Gasteiger partial charge in [0.1, 0.15) is 5.75 Å². The van der Waals surface area contributed by atoms with Crippen molar-refractivity contribution in [3.8, 4) is 5.75 Å². The molecule has 0 N–H and O–H groups in total. The van der Waals surface area contributed by atoms with E-state index in [4.69, 9.17) is 4.74 Å². The van der Waals surface area contributed by atoms with E-state index in [1.807, 2.05) is 6.07 Å². The Morgan fingerprint density at radius 3 is 2.57 bits per heavy atom. The number of carbonyl (C=O) groups excluding carboxylic acids is 2. The van der Waals surface area contributed by atoms with Gasteiger partial charge in [-0.05, 0) is 31.7 Å². The number of amides is 2. The van der Waals surface area contributed by atoms with E-state index < -0.39 is 0 Å². The number of hydrogen-bond donors (Lipinski definition) is 0. The van der Waals surface area contributed by atoms with E-state index in [-0.39, 0.29) is 18.4 Å². The van der Waals surface area contributed by atoms with Crippen molar-refractivity contribution in [1.82, 2.24) is 14.8 Å². The van der Waals surface area contributed by atoms with Gasteiger partial charge in [0.2, 0.25) is 5.91 Å². The topological polar surface area (TPSA) is 62.7 Å². The zero-order valence-corrected chi connectivity index (χ0v) is 13.6. The highest BCUT2D eigenvalue weighted by Gasteiger charge is 2.23. The highest BCUT2D eigenvalue weighted by atomic mass is 16.5. The van der Waals surface area contributed by atoms with Crippen molar-refractivity contribution in [2.45, 2.75) is 32.6 Å². The SMILES string of the molecule is CC(=O)N1CCN(C(=O)COc2ccnc3c2CCCC3)CC1. The molecule has 0 aromatic carbocycles. The predicted octanol–water partition coefficient (Wildman–Crippen LogP) is 1.03. The third kappa shape index (κ3) is 3.63. The van der Waals surface area contributed by atoms with Crippen LogP contribution in [0.4, 0.5) is 0 Å². The number of rotatable bonds is 3. The molecule has 0 saturated carbocycles. The normalized spacial score (nSPS) is 17.6. The summed E-state index contributed by atoms with van der Waals surface area (Å²) in [5, 5.41) is 0. The van der Waals surface area contributed by atoms with E-state index in [0.717, 1.165) is 36.3 Å². The van der Waals surface area contributed by atoms with Crippen molar-refractivity contribution >= 4 is 11.8 Å². The lowest BCUT2D eigenvalue weighted by Crippen LogP contribution is -2.51. The summed E-state index contributed by atoms with van der Waals surface area (Å²) in [6, 6.07) is 1.85. The molecule has 0 bridgehead atoms. The molecule has 2 heterocycles. The van der Waals surface area contributed by atoms with Gasteiger partial charge >= 0.3 is 0 Å². The molecule has 23 heavy (non-hydrogen) atoms. The zero-order valence-electron chi connectivity index (χ0n) is 13.6. The van der Waals surface area contributed by atoms with Gasteiger partial charge in [-0.25, -0.2) is 0 Å². The highest BCUT2D eigenvalue weighted by molar-refractivity contribution is 5.78. The maximum Gasteiger partial charge on any atom is 0.260 e. The molecule has 124 valence electrons. The first-order chi connectivity index (χ1) is 11.1. The van der Waals surface area contributed by atoms with Crippen molar-refractivity contribution in [1.29, 1.82) is 0 Å². The van der Waals surface area contributed by atoms with Crippen LogP contribution in [0.15, 0.2) is 12.3 Å². The summed E-state index contributed by atoms with van der Waals surface area (Å²) >= 11 is 0. The van der Waals surface area contributed by atoms with E-state index in [1.165, 1.54) is 6.42 Å². The van der Waals surface area contributed by atoms with Crippen molar-refractivity contribution in [2.75, 3.05) is 32.8 Å². The Morgan fingerprint density at radius 2 is 1.83 bits per heavy atom. The van der Waals surface area contributed by atoms with E-state index in [9.17, 15) is 9.59 Å². The smallest absolute Gasteiger partial charge is 0.260 e. The molecule has 0 atom stereocenters. The number of aromatic nitrogens is 1. The number of carbonyl (C=O) groups is 2. The average Bonchev–Trinajstić information content (AvgIpc) is 2.59. The second kappa shape index (κ2) is 6.98. The van der Waals surface area contributed by atoms with Crippen LogP contribution in [0.5, 0.6) is 5.75 Å². The number of nitrogens with zero attached hydrogens (tertiary/aromatic N) is 3. The molecule has 6 heteroatoms. The Labute approximate surface area is 136 Å². The summed E-state index contributed by atoms with van der Waals surface area (Å²) < 4.78 is 5.78. The van der Waals surface area contributed by atoms with Gasteiger partial charge in [-0.15, -0.1) is 0 Å². The first-order valence-electron chi connectivity index (χ1n) is 8.28. The Morgan fingerprint density at radius 1 is 1.13 bits per heavy atom. The lowest BCUT2D eigenvalue weighted by molar-refractivity contribution is -0.139. The van der Waals surface area contributed by atoms with Crippen LogP contribution in [-0.4, -0.2) is 59.4 Å². The van der Waals surface area contributed by atoms with Crippen LogP contribution in [0.25, 0.3) is 0 Å². The Hall–Kier alpha value is -2.11. The second-order valence-corrected chi connectivity index (χ2v) is 6.12. The van der Waals surface area contributed by atoms with Gasteiger partial charge in [0.05, 0.1) is 0 Å². The number of ether oxygens (including phenoxy) is 1. The maximum absolute atomic E-state index is 12.3. The molecule has 0 spiro atoms. The van der Waals surface area contributed by atoms with Crippen LogP contribution < -0.4 is 4.74 Å². The predicted molar refractivity (Wildman–Crippen MR) is 85.2 cm³/mol.